The van der Waals surface area contributed by atoms with Crippen molar-refractivity contribution in [3.63, 3.8) is 0 Å². The summed E-state index contributed by atoms with van der Waals surface area (Å²) in [4.78, 5) is 18.3. The average molecular weight is 536 g/mol. The van der Waals surface area contributed by atoms with Gasteiger partial charge in [0.25, 0.3) is 5.91 Å². The van der Waals surface area contributed by atoms with E-state index in [1.807, 2.05) is 43.3 Å². The molecule has 7 nitrogen and oxygen atoms in total. The number of methoxy groups -OCH3 is 1. The topological polar surface area (TPSA) is 81.1 Å². The molecule has 0 unspecified atom stereocenters. The molecule has 1 atom stereocenters. The summed E-state index contributed by atoms with van der Waals surface area (Å²) in [6.45, 7) is 1.82. The molecular weight excluding hydrogens is 513 g/mol. The molecule has 2 heterocycles. The number of carbonyl (C=O) groups excluding carboxylic acids is 1. The maximum absolute atomic E-state index is 13.7. The number of ether oxygens (including phenoxy) is 1. The van der Waals surface area contributed by atoms with Gasteiger partial charge in [-0.3, -0.25) is 4.79 Å². The van der Waals surface area contributed by atoms with Gasteiger partial charge in [0.15, 0.2) is 0 Å². The van der Waals surface area contributed by atoms with Crippen LogP contribution in [0.5, 0.6) is 5.75 Å². The lowest BCUT2D eigenvalue weighted by molar-refractivity contribution is -0.113. The fourth-order valence-corrected chi connectivity index (χ4v) is 5.19. The summed E-state index contributed by atoms with van der Waals surface area (Å²) in [5, 5.41) is 11.9. The summed E-state index contributed by atoms with van der Waals surface area (Å²) in [5.74, 6) is 0.907. The van der Waals surface area contributed by atoms with E-state index >= 15 is 0 Å². The van der Waals surface area contributed by atoms with Gasteiger partial charge in [-0.05, 0) is 42.8 Å². The van der Waals surface area contributed by atoms with Crippen molar-refractivity contribution in [3.05, 3.63) is 106 Å². The van der Waals surface area contributed by atoms with E-state index in [1.165, 1.54) is 23.9 Å². The third kappa shape index (κ3) is 5.19. The average Bonchev–Trinajstić information content (AvgIpc) is 3.30. The van der Waals surface area contributed by atoms with Crippen LogP contribution in [0.25, 0.3) is 0 Å². The molecule has 5 rings (SSSR count). The van der Waals surface area contributed by atoms with Gasteiger partial charge in [0, 0.05) is 22.0 Å². The van der Waals surface area contributed by atoms with Gasteiger partial charge < -0.3 is 15.4 Å². The fourth-order valence-electron chi connectivity index (χ4n) is 4.18. The van der Waals surface area contributed by atoms with Gasteiger partial charge in [-0.15, -0.1) is 5.10 Å². The molecule has 1 aliphatic rings. The minimum atomic E-state index is -0.629. The number of allylic oxidation sites excluding steroid dienone is 1. The van der Waals surface area contributed by atoms with Crippen molar-refractivity contribution in [2.24, 2.45) is 0 Å². The first-order valence-corrected chi connectivity index (χ1v) is 12.8. The number of halogens is 2. The molecule has 0 saturated heterocycles. The van der Waals surface area contributed by atoms with E-state index in [4.69, 9.17) is 21.4 Å². The minimum Gasteiger partial charge on any atom is -0.495 e. The SMILES string of the molecule is COc1ccccc1NC(=O)C1=C(C)Nc2nc(SCc3cccc(F)c3)nn2[C@H]1c1ccccc1Cl. The van der Waals surface area contributed by atoms with Gasteiger partial charge in [0.05, 0.1) is 18.4 Å². The molecule has 0 fully saturated rings. The number of hydrogen-bond donors (Lipinski definition) is 2. The highest BCUT2D eigenvalue weighted by molar-refractivity contribution is 7.98. The Morgan fingerprint density at radius 2 is 1.95 bits per heavy atom. The normalized spacial score (nSPS) is 14.6. The number of benzene rings is 3. The number of carbonyl (C=O) groups is 1. The number of fused-ring (bicyclic) bond motifs is 1. The van der Waals surface area contributed by atoms with Crippen molar-refractivity contribution in [3.8, 4) is 5.75 Å². The predicted octanol–water partition coefficient (Wildman–Crippen LogP) is 6.30. The van der Waals surface area contributed by atoms with Crippen LogP contribution in [0.4, 0.5) is 16.0 Å². The summed E-state index contributed by atoms with van der Waals surface area (Å²) in [6, 6.07) is 20.3. The van der Waals surface area contributed by atoms with Crippen molar-refractivity contribution in [1.82, 2.24) is 14.8 Å². The summed E-state index contributed by atoms with van der Waals surface area (Å²) in [7, 11) is 1.55. The van der Waals surface area contributed by atoms with E-state index < -0.39 is 6.04 Å². The number of nitrogens with zero attached hydrogens (tertiary/aromatic N) is 3. The van der Waals surface area contributed by atoms with Crippen LogP contribution in [0, 0.1) is 5.82 Å². The van der Waals surface area contributed by atoms with Gasteiger partial charge in [-0.25, -0.2) is 9.07 Å². The molecule has 37 heavy (non-hydrogen) atoms. The summed E-state index contributed by atoms with van der Waals surface area (Å²) in [6.07, 6.45) is 0. The molecule has 0 bridgehead atoms. The van der Waals surface area contributed by atoms with Crippen LogP contribution >= 0.6 is 23.4 Å². The molecule has 10 heteroatoms. The standard InChI is InChI=1S/C27H23ClFN5O2S/c1-16-23(25(35)31-21-12-5-6-13-22(21)36-2)24(19-10-3-4-11-20(19)28)34-26(30-16)32-27(33-34)37-15-17-8-7-9-18(29)14-17/h3-14,24H,15H2,1-2H3,(H,31,35)(H,30,32,33)/t24-/m0/s1. The number of nitrogens with one attached hydrogen (secondary N) is 2. The highest BCUT2D eigenvalue weighted by Gasteiger charge is 2.35. The Hall–Kier alpha value is -3.82. The van der Waals surface area contributed by atoms with Crippen LogP contribution < -0.4 is 15.4 Å². The lowest BCUT2D eigenvalue weighted by atomic mass is 9.95. The highest BCUT2D eigenvalue weighted by atomic mass is 35.5. The van der Waals surface area contributed by atoms with Gasteiger partial charge in [0.1, 0.15) is 17.6 Å². The Morgan fingerprint density at radius 3 is 2.73 bits per heavy atom. The Morgan fingerprint density at radius 1 is 1.16 bits per heavy atom. The predicted molar refractivity (Wildman–Crippen MR) is 144 cm³/mol. The van der Waals surface area contributed by atoms with Crippen LogP contribution in [0.2, 0.25) is 5.02 Å². The fraction of sp³-hybridized carbons (Fsp3) is 0.148. The van der Waals surface area contributed by atoms with Crippen LogP contribution in [-0.4, -0.2) is 27.8 Å². The molecule has 2 N–H and O–H groups in total. The van der Waals surface area contributed by atoms with E-state index in [9.17, 15) is 9.18 Å². The third-order valence-electron chi connectivity index (χ3n) is 5.89. The molecule has 1 aromatic heterocycles. The van der Waals surface area contributed by atoms with Crippen LogP contribution in [0.1, 0.15) is 24.1 Å². The number of thioether (sulfide) groups is 1. The zero-order chi connectivity index (χ0) is 25.9. The first kappa shape index (κ1) is 24.9. The zero-order valence-corrected chi connectivity index (χ0v) is 21.6. The van der Waals surface area contributed by atoms with Crippen molar-refractivity contribution in [1.29, 1.82) is 0 Å². The van der Waals surface area contributed by atoms with Gasteiger partial charge in [0.2, 0.25) is 11.1 Å². The maximum atomic E-state index is 13.7. The number of hydrogen-bond acceptors (Lipinski definition) is 6. The lowest BCUT2D eigenvalue weighted by Crippen LogP contribution is -2.31. The second-order valence-electron chi connectivity index (χ2n) is 8.32. The molecule has 0 saturated carbocycles. The number of aromatic nitrogens is 3. The number of para-hydroxylation sites is 2. The zero-order valence-electron chi connectivity index (χ0n) is 20.0. The lowest BCUT2D eigenvalue weighted by Gasteiger charge is -2.29. The molecule has 0 aliphatic carbocycles. The largest absolute Gasteiger partial charge is 0.495 e. The number of anilines is 2. The van der Waals surface area contributed by atoms with Crippen LogP contribution in [0.15, 0.2) is 89.2 Å². The number of rotatable bonds is 7. The summed E-state index contributed by atoms with van der Waals surface area (Å²) >= 11 is 7.99. The highest BCUT2D eigenvalue weighted by Crippen LogP contribution is 2.39. The van der Waals surface area contributed by atoms with Crippen molar-refractivity contribution in [2.75, 3.05) is 17.7 Å². The first-order valence-electron chi connectivity index (χ1n) is 11.4. The van der Waals surface area contributed by atoms with Crippen molar-refractivity contribution < 1.29 is 13.9 Å². The van der Waals surface area contributed by atoms with Gasteiger partial charge >= 0.3 is 0 Å². The molecule has 3 aromatic carbocycles. The maximum Gasteiger partial charge on any atom is 0.255 e. The molecular formula is C27H23ClFN5O2S. The second-order valence-corrected chi connectivity index (χ2v) is 9.67. The molecule has 0 radical (unpaired) electrons. The Labute approximate surface area is 222 Å². The van der Waals surface area contributed by atoms with Gasteiger partial charge in [-0.2, -0.15) is 4.98 Å². The first-order chi connectivity index (χ1) is 17.9. The van der Waals surface area contributed by atoms with Gasteiger partial charge in [-0.1, -0.05) is 65.8 Å². The monoisotopic (exact) mass is 535 g/mol. The second kappa shape index (κ2) is 10.7. The van der Waals surface area contributed by atoms with Crippen molar-refractivity contribution in [2.45, 2.75) is 23.9 Å². The molecule has 4 aromatic rings. The van der Waals surface area contributed by atoms with E-state index in [-0.39, 0.29) is 11.7 Å². The molecule has 1 aliphatic heterocycles. The molecule has 1 amide bonds. The third-order valence-corrected chi connectivity index (χ3v) is 7.14. The molecule has 188 valence electrons. The Balaban J connectivity index is 1.51. The van der Waals surface area contributed by atoms with E-state index in [0.29, 0.717) is 50.2 Å². The smallest absolute Gasteiger partial charge is 0.255 e. The van der Waals surface area contributed by atoms with E-state index in [1.54, 1.807) is 36.1 Å². The minimum absolute atomic E-state index is 0.291. The van der Waals surface area contributed by atoms with E-state index in [2.05, 4.69) is 15.6 Å². The summed E-state index contributed by atoms with van der Waals surface area (Å²) in [5.41, 5.74) is 3.14. The van der Waals surface area contributed by atoms with Crippen LogP contribution in [-0.2, 0) is 10.5 Å². The van der Waals surface area contributed by atoms with Crippen molar-refractivity contribution >= 4 is 40.9 Å². The Bertz CT molecular complexity index is 1510. The molecule has 0 spiro atoms. The summed E-state index contributed by atoms with van der Waals surface area (Å²) < 4.78 is 20.7. The Kier molecular flexibility index (Phi) is 7.16. The number of amides is 1. The van der Waals surface area contributed by atoms with Crippen LogP contribution in [0.3, 0.4) is 0 Å². The quantitative estimate of drug-likeness (QED) is 0.270. The van der Waals surface area contributed by atoms with E-state index in [0.717, 1.165) is 5.56 Å².